The Morgan fingerprint density at radius 2 is 2.21 bits per heavy atom. The summed E-state index contributed by atoms with van der Waals surface area (Å²) in [5.74, 6) is 2.58. The SMILES string of the molecule is CCSCCC(C)N1CCCNCC1. The van der Waals surface area contributed by atoms with Crippen LogP contribution in [0.25, 0.3) is 0 Å². The zero-order valence-electron chi connectivity index (χ0n) is 9.59. The fraction of sp³-hybridized carbons (Fsp3) is 1.00. The van der Waals surface area contributed by atoms with E-state index in [1.165, 1.54) is 50.5 Å². The first-order valence-corrected chi connectivity index (χ1v) is 7.02. The van der Waals surface area contributed by atoms with Crippen LogP contribution in [0.1, 0.15) is 26.7 Å². The summed E-state index contributed by atoms with van der Waals surface area (Å²) in [5.41, 5.74) is 0. The quantitative estimate of drug-likeness (QED) is 0.706. The Kier molecular flexibility index (Phi) is 6.65. The monoisotopic (exact) mass is 216 g/mol. The number of thioether (sulfide) groups is 1. The standard InChI is InChI=1S/C11H24N2S/c1-3-14-10-5-11(2)13-8-4-6-12-7-9-13/h11-12H,3-10H2,1-2H3. The predicted molar refractivity (Wildman–Crippen MR) is 66.1 cm³/mol. The van der Waals surface area contributed by atoms with E-state index in [1.54, 1.807) is 0 Å². The summed E-state index contributed by atoms with van der Waals surface area (Å²) in [6.07, 6.45) is 2.66. The van der Waals surface area contributed by atoms with Crippen LogP contribution in [0.4, 0.5) is 0 Å². The van der Waals surface area contributed by atoms with Crippen molar-refractivity contribution < 1.29 is 0 Å². The third-order valence-electron chi connectivity index (χ3n) is 2.88. The Labute approximate surface area is 92.8 Å². The van der Waals surface area contributed by atoms with Crippen molar-refractivity contribution in [2.24, 2.45) is 0 Å². The van der Waals surface area contributed by atoms with Crippen LogP contribution in [0, 0.1) is 0 Å². The van der Waals surface area contributed by atoms with Crippen molar-refractivity contribution in [3.05, 3.63) is 0 Å². The molecule has 0 aliphatic carbocycles. The van der Waals surface area contributed by atoms with Crippen molar-refractivity contribution in [1.29, 1.82) is 0 Å². The van der Waals surface area contributed by atoms with Crippen LogP contribution in [0.2, 0.25) is 0 Å². The molecule has 0 aromatic rings. The zero-order valence-corrected chi connectivity index (χ0v) is 10.4. The van der Waals surface area contributed by atoms with Crippen molar-refractivity contribution >= 4 is 11.8 Å². The lowest BCUT2D eigenvalue weighted by Gasteiger charge is -2.27. The molecule has 0 spiro atoms. The van der Waals surface area contributed by atoms with Crippen molar-refractivity contribution in [3.63, 3.8) is 0 Å². The minimum atomic E-state index is 0.772. The van der Waals surface area contributed by atoms with Gasteiger partial charge in [0.25, 0.3) is 0 Å². The van der Waals surface area contributed by atoms with Crippen LogP contribution in [-0.4, -0.2) is 48.6 Å². The second-order valence-corrected chi connectivity index (χ2v) is 5.37. The van der Waals surface area contributed by atoms with Crippen LogP contribution >= 0.6 is 11.8 Å². The number of nitrogens with zero attached hydrogens (tertiary/aromatic N) is 1. The van der Waals surface area contributed by atoms with Crippen LogP contribution in [0.5, 0.6) is 0 Å². The van der Waals surface area contributed by atoms with E-state index in [2.05, 4.69) is 35.8 Å². The van der Waals surface area contributed by atoms with Crippen molar-refractivity contribution in [2.45, 2.75) is 32.7 Å². The second-order valence-electron chi connectivity index (χ2n) is 3.97. The molecule has 1 aliphatic rings. The van der Waals surface area contributed by atoms with Gasteiger partial charge in [0.1, 0.15) is 0 Å². The molecule has 3 heteroatoms. The van der Waals surface area contributed by atoms with Crippen LogP contribution in [-0.2, 0) is 0 Å². The number of hydrogen-bond donors (Lipinski definition) is 1. The number of hydrogen-bond acceptors (Lipinski definition) is 3. The van der Waals surface area contributed by atoms with Gasteiger partial charge in [0, 0.05) is 19.1 Å². The van der Waals surface area contributed by atoms with Gasteiger partial charge < -0.3 is 5.32 Å². The predicted octanol–water partition coefficient (Wildman–Crippen LogP) is 1.81. The van der Waals surface area contributed by atoms with E-state index in [4.69, 9.17) is 0 Å². The van der Waals surface area contributed by atoms with Gasteiger partial charge in [-0.25, -0.2) is 0 Å². The Morgan fingerprint density at radius 3 is 3.00 bits per heavy atom. The summed E-state index contributed by atoms with van der Waals surface area (Å²) in [6, 6.07) is 0.772. The highest BCUT2D eigenvalue weighted by Gasteiger charge is 2.14. The van der Waals surface area contributed by atoms with Crippen molar-refractivity contribution in [3.8, 4) is 0 Å². The van der Waals surface area contributed by atoms with E-state index < -0.39 is 0 Å². The van der Waals surface area contributed by atoms with Crippen LogP contribution in [0.3, 0.4) is 0 Å². The van der Waals surface area contributed by atoms with E-state index in [0.29, 0.717) is 0 Å². The topological polar surface area (TPSA) is 15.3 Å². The maximum absolute atomic E-state index is 3.45. The summed E-state index contributed by atoms with van der Waals surface area (Å²) < 4.78 is 0. The van der Waals surface area contributed by atoms with E-state index in [9.17, 15) is 0 Å². The molecule has 14 heavy (non-hydrogen) atoms. The maximum atomic E-state index is 3.45. The van der Waals surface area contributed by atoms with E-state index >= 15 is 0 Å². The maximum Gasteiger partial charge on any atom is 0.0110 e. The van der Waals surface area contributed by atoms with Gasteiger partial charge in [-0.2, -0.15) is 11.8 Å². The van der Waals surface area contributed by atoms with E-state index in [1.807, 2.05) is 0 Å². The van der Waals surface area contributed by atoms with Crippen LogP contribution < -0.4 is 5.32 Å². The van der Waals surface area contributed by atoms with Gasteiger partial charge in [0.2, 0.25) is 0 Å². The van der Waals surface area contributed by atoms with Gasteiger partial charge in [0.15, 0.2) is 0 Å². The van der Waals surface area contributed by atoms with Gasteiger partial charge in [-0.3, -0.25) is 4.90 Å². The van der Waals surface area contributed by atoms with Gasteiger partial charge in [-0.05, 0) is 44.4 Å². The smallest absolute Gasteiger partial charge is 0.0110 e. The fourth-order valence-electron chi connectivity index (χ4n) is 1.89. The molecule has 1 atom stereocenters. The zero-order chi connectivity index (χ0) is 10.2. The number of nitrogens with one attached hydrogen (secondary N) is 1. The molecule has 0 bridgehead atoms. The molecule has 1 aliphatic heterocycles. The Morgan fingerprint density at radius 1 is 1.36 bits per heavy atom. The first-order chi connectivity index (χ1) is 6.84. The lowest BCUT2D eigenvalue weighted by atomic mass is 10.2. The summed E-state index contributed by atoms with van der Waals surface area (Å²) in [6.45, 7) is 9.51. The van der Waals surface area contributed by atoms with Crippen molar-refractivity contribution in [2.75, 3.05) is 37.7 Å². The minimum absolute atomic E-state index is 0.772. The highest BCUT2D eigenvalue weighted by Crippen LogP contribution is 2.10. The largest absolute Gasteiger partial charge is 0.315 e. The first kappa shape index (κ1) is 12.3. The van der Waals surface area contributed by atoms with E-state index in [0.717, 1.165) is 6.04 Å². The van der Waals surface area contributed by atoms with Crippen LogP contribution in [0.15, 0.2) is 0 Å². The van der Waals surface area contributed by atoms with Gasteiger partial charge >= 0.3 is 0 Å². The lowest BCUT2D eigenvalue weighted by molar-refractivity contribution is 0.219. The molecule has 1 rings (SSSR count). The molecular formula is C11H24N2S. The second kappa shape index (κ2) is 7.55. The molecule has 0 radical (unpaired) electrons. The van der Waals surface area contributed by atoms with E-state index in [-0.39, 0.29) is 0 Å². The van der Waals surface area contributed by atoms with Gasteiger partial charge in [-0.1, -0.05) is 6.92 Å². The molecule has 2 nitrogen and oxygen atoms in total. The molecule has 84 valence electrons. The summed E-state index contributed by atoms with van der Waals surface area (Å²) >= 11 is 2.06. The van der Waals surface area contributed by atoms with Crippen molar-refractivity contribution in [1.82, 2.24) is 10.2 Å². The molecule has 0 saturated carbocycles. The summed E-state index contributed by atoms with van der Waals surface area (Å²) in [5, 5.41) is 3.45. The highest BCUT2D eigenvalue weighted by atomic mass is 32.2. The van der Waals surface area contributed by atoms with Gasteiger partial charge in [0.05, 0.1) is 0 Å². The summed E-state index contributed by atoms with van der Waals surface area (Å²) in [7, 11) is 0. The van der Waals surface area contributed by atoms with Gasteiger partial charge in [-0.15, -0.1) is 0 Å². The molecule has 1 N–H and O–H groups in total. The molecular weight excluding hydrogens is 192 g/mol. The number of rotatable bonds is 5. The highest BCUT2D eigenvalue weighted by molar-refractivity contribution is 7.99. The molecule has 1 fully saturated rings. The molecule has 0 amide bonds. The average Bonchev–Trinajstić information content (AvgIpc) is 2.46. The fourth-order valence-corrected chi connectivity index (χ4v) is 2.68. The third-order valence-corrected chi connectivity index (χ3v) is 3.81. The minimum Gasteiger partial charge on any atom is -0.315 e. The molecule has 1 unspecified atom stereocenters. The average molecular weight is 216 g/mol. The molecule has 1 heterocycles. The third kappa shape index (κ3) is 4.67. The molecule has 0 aromatic heterocycles. The first-order valence-electron chi connectivity index (χ1n) is 5.87. The Balaban J connectivity index is 2.16. The molecule has 1 saturated heterocycles. The normalized spacial score (nSPS) is 21.9. The Hall–Kier alpha value is 0.270. The Bertz CT molecular complexity index is 133. The lowest BCUT2D eigenvalue weighted by Crippen LogP contribution is -2.36. The summed E-state index contributed by atoms with van der Waals surface area (Å²) in [4.78, 5) is 2.64. The molecule has 0 aromatic carbocycles.